The average Bonchev–Trinajstić information content (AvgIpc) is 2.75. The highest BCUT2D eigenvalue weighted by Crippen LogP contribution is 2.37. The van der Waals surface area contributed by atoms with Gasteiger partial charge in [-0.3, -0.25) is 9.69 Å². The summed E-state index contributed by atoms with van der Waals surface area (Å²) in [5.41, 5.74) is 0.594. The average molecular weight is 265 g/mol. The van der Waals surface area contributed by atoms with Crippen LogP contribution in [0.3, 0.4) is 0 Å². The second kappa shape index (κ2) is 4.93. The van der Waals surface area contributed by atoms with Gasteiger partial charge in [-0.1, -0.05) is 12.1 Å². The van der Waals surface area contributed by atoms with E-state index in [1.54, 1.807) is 19.9 Å². The number of aryl methyl sites for hydroxylation is 1. The summed E-state index contributed by atoms with van der Waals surface area (Å²) < 4.78 is 13.6. The number of carboxylic acids is 1. The quantitative estimate of drug-likeness (QED) is 0.912. The van der Waals surface area contributed by atoms with Crippen molar-refractivity contribution < 1.29 is 14.3 Å². The van der Waals surface area contributed by atoms with Crippen LogP contribution in [0, 0.1) is 12.7 Å². The molecule has 19 heavy (non-hydrogen) atoms. The van der Waals surface area contributed by atoms with Crippen LogP contribution in [0.2, 0.25) is 0 Å². The maximum absolute atomic E-state index is 13.6. The first-order valence-corrected chi connectivity index (χ1v) is 6.62. The van der Waals surface area contributed by atoms with Crippen LogP contribution in [-0.2, 0) is 4.79 Å². The molecule has 1 saturated heterocycles. The first kappa shape index (κ1) is 14.0. The Balaban J connectivity index is 2.30. The number of rotatable bonds is 3. The van der Waals surface area contributed by atoms with Gasteiger partial charge < -0.3 is 5.11 Å². The Morgan fingerprint density at radius 3 is 2.79 bits per heavy atom. The zero-order chi connectivity index (χ0) is 14.2. The molecule has 2 atom stereocenters. The predicted octanol–water partition coefficient (Wildman–Crippen LogP) is 3.13. The largest absolute Gasteiger partial charge is 0.480 e. The van der Waals surface area contributed by atoms with Gasteiger partial charge in [-0.2, -0.15) is 0 Å². The summed E-state index contributed by atoms with van der Waals surface area (Å²) in [4.78, 5) is 13.4. The van der Waals surface area contributed by atoms with Crippen LogP contribution in [0.25, 0.3) is 0 Å². The fraction of sp³-hybridized carbons (Fsp3) is 0.533. The van der Waals surface area contributed by atoms with Gasteiger partial charge >= 0.3 is 5.97 Å². The van der Waals surface area contributed by atoms with E-state index in [0.717, 1.165) is 18.5 Å². The lowest BCUT2D eigenvalue weighted by Crippen LogP contribution is -2.48. The molecule has 1 N–H and O–H groups in total. The third-order valence-corrected chi connectivity index (χ3v) is 4.30. The number of nitrogens with zero attached hydrogens (tertiary/aromatic N) is 1. The molecule has 2 rings (SSSR count). The Morgan fingerprint density at radius 2 is 2.21 bits per heavy atom. The first-order valence-electron chi connectivity index (χ1n) is 6.62. The number of benzene rings is 1. The monoisotopic (exact) mass is 265 g/mol. The summed E-state index contributed by atoms with van der Waals surface area (Å²) in [6.07, 6.45) is 1.50. The highest BCUT2D eigenvalue weighted by atomic mass is 19.1. The van der Waals surface area contributed by atoms with Crippen molar-refractivity contribution in [1.29, 1.82) is 0 Å². The molecule has 4 heteroatoms. The molecule has 0 saturated carbocycles. The van der Waals surface area contributed by atoms with Gasteiger partial charge in [-0.15, -0.1) is 0 Å². The van der Waals surface area contributed by atoms with Crippen molar-refractivity contribution in [3.63, 3.8) is 0 Å². The van der Waals surface area contributed by atoms with Crippen molar-refractivity contribution in [2.75, 3.05) is 6.54 Å². The number of carbonyl (C=O) groups is 1. The van der Waals surface area contributed by atoms with Crippen LogP contribution < -0.4 is 0 Å². The van der Waals surface area contributed by atoms with E-state index in [1.165, 1.54) is 6.07 Å². The van der Waals surface area contributed by atoms with Crippen molar-refractivity contribution in [2.24, 2.45) is 0 Å². The van der Waals surface area contributed by atoms with Crippen molar-refractivity contribution in [1.82, 2.24) is 4.90 Å². The Labute approximate surface area is 113 Å². The SMILES string of the molecule is Cc1ccc(C(C)N2CCCC2(C)C(=O)O)cc1F. The minimum atomic E-state index is -0.846. The normalized spacial score (nSPS) is 25.5. The van der Waals surface area contributed by atoms with Gasteiger partial charge in [0, 0.05) is 6.04 Å². The molecule has 0 aliphatic carbocycles. The van der Waals surface area contributed by atoms with Gasteiger partial charge in [-0.25, -0.2) is 4.39 Å². The van der Waals surface area contributed by atoms with E-state index in [-0.39, 0.29) is 11.9 Å². The third-order valence-electron chi connectivity index (χ3n) is 4.30. The molecule has 3 nitrogen and oxygen atoms in total. The second-order valence-corrected chi connectivity index (χ2v) is 5.56. The molecule has 0 amide bonds. The molecule has 104 valence electrons. The lowest BCUT2D eigenvalue weighted by atomic mass is 9.95. The van der Waals surface area contributed by atoms with Gasteiger partial charge in [0.15, 0.2) is 0 Å². The fourth-order valence-electron chi connectivity index (χ4n) is 2.88. The van der Waals surface area contributed by atoms with Crippen LogP contribution in [0.1, 0.15) is 43.9 Å². The lowest BCUT2D eigenvalue weighted by molar-refractivity contribution is -0.149. The van der Waals surface area contributed by atoms with E-state index >= 15 is 0 Å². The molecule has 0 bridgehead atoms. The summed E-state index contributed by atoms with van der Waals surface area (Å²) in [5, 5.41) is 9.42. The molecular weight excluding hydrogens is 245 g/mol. The van der Waals surface area contributed by atoms with E-state index < -0.39 is 11.5 Å². The lowest BCUT2D eigenvalue weighted by Gasteiger charge is -2.36. The zero-order valence-electron chi connectivity index (χ0n) is 11.6. The standard InChI is InChI=1S/C15H20FNO2/c1-10-5-6-12(9-13(10)16)11(2)17-8-4-7-15(17,3)14(18)19/h5-6,9,11H,4,7-8H2,1-3H3,(H,18,19). The van der Waals surface area contributed by atoms with Crippen molar-refractivity contribution in [3.8, 4) is 0 Å². The number of hydrogen-bond acceptors (Lipinski definition) is 2. The summed E-state index contributed by atoms with van der Waals surface area (Å²) in [6, 6.07) is 5.04. The molecule has 0 aromatic heterocycles. The summed E-state index contributed by atoms with van der Waals surface area (Å²) in [6.45, 7) is 6.15. The Morgan fingerprint density at radius 1 is 1.53 bits per heavy atom. The smallest absolute Gasteiger partial charge is 0.323 e. The number of aliphatic carboxylic acids is 1. The molecule has 0 radical (unpaired) electrons. The number of carboxylic acid groups (broad SMARTS) is 1. The Hall–Kier alpha value is -1.42. The predicted molar refractivity (Wildman–Crippen MR) is 71.5 cm³/mol. The minimum Gasteiger partial charge on any atom is -0.480 e. The van der Waals surface area contributed by atoms with Gasteiger partial charge in [0.2, 0.25) is 0 Å². The van der Waals surface area contributed by atoms with E-state index in [2.05, 4.69) is 0 Å². The summed E-state index contributed by atoms with van der Waals surface area (Å²) in [5.74, 6) is -1.04. The molecule has 1 heterocycles. The number of halogens is 1. The number of hydrogen-bond donors (Lipinski definition) is 1. The van der Waals surface area contributed by atoms with Gasteiger partial charge in [0.05, 0.1) is 0 Å². The molecule has 1 fully saturated rings. The fourth-order valence-corrected chi connectivity index (χ4v) is 2.88. The first-order chi connectivity index (χ1) is 8.86. The van der Waals surface area contributed by atoms with Gasteiger partial charge in [0.1, 0.15) is 11.4 Å². The van der Waals surface area contributed by atoms with Gasteiger partial charge in [0.25, 0.3) is 0 Å². The molecule has 1 aliphatic rings. The molecular formula is C15H20FNO2. The van der Waals surface area contributed by atoms with Crippen LogP contribution in [0.4, 0.5) is 4.39 Å². The Bertz CT molecular complexity index is 503. The molecule has 1 aromatic carbocycles. The van der Waals surface area contributed by atoms with Crippen molar-refractivity contribution in [3.05, 3.63) is 35.1 Å². The van der Waals surface area contributed by atoms with E-state index in [0.29, 0.717) is 12.0 Å². The van der Waals surface area contributed by atoms with Gasteiger partial charge in [-0.05, 0) is 57.4 Å². The van der Waals surface area contributed by atoms with E-state index in [9.17, 15) is 14.3 Å². The Kier molecular flexibility index (Phi) is 3.63. The van der Waals surface area contributed by atoms with Crippen LogP contribution in [-0.4, -0.2) is 28.1 Å². The highest BCUT2D eigenvalue weighted by molar-refractivity contribution is 5.78. The van der Waals surface area contributed by atoms with E-state index in [4.69, 9.17) is 0 Å². The highest BCUT2D eigenvalue weighted by Gasteiger charge is 2.45. The van der Waals surface area contributed by atoms with Crippen molar-refractivity contribution in [2.45, 2.75) is 45.2 Å². The maximum Gasteiger partial charge on any atom is 0.323 e. The molecule has 1 aromatic rings. The molecule has 1 aliphatic heterocycles. The third kappa shape index (κ3) is 2.37. The molecule has 2 unspecified atom stereocenters. The number of likely N-dealkylation sites (tertiary alicyclic amines) is 1. The van der Waals surface area contributed by atoms with Crippen LogP contribution >= 0.6 is 0 Å². The minimum absolute atomic E-state index is 0.0984. The summed E-state index contributed by atoms with van der Waals surface area (Å²) in [7, 11) is 0. The molecule has 0 spiro atoms. The van der Waals surface area contributed by atoms with Crippen LogP contribution in [0.15, 0.2) is 18.2 Å². The maximum atomic E-state index is 13.6. The van der Waals surface area contributed by atoms with Crippen LogP contribution in [0.5, 0.6) is 0 Å². The summed E-state index contributed by atoms with van der Waals surface area (Å²) >= 11 is 0. The van der Waals surface area contributed by atoms with Crippen molar-refractivity contribution >= 4 is 5.97 Å². The zero-order valence-corrected chi connectivity index (χ0v) is 11.6. The second-order valence-electron chi connectivity index (χ2n) is 5.56. The van der Waals surface area contributed by atoms with E-state index in [1.807, 2.05) is 17.9 Å². The topological polar surface area (TPSA) is 40.5 Å².